The Balaban J connectivity index is 1.97. The van der Waals surface area contributed by atoms with Crippen molar-refractivity contribution in [2.45, 2.75) is 36.8 Å². The standard InChI is InChI=1S/C17H18F3N5OS/c1-2-27(22,26)14-5-11(10-3-4-10)7-24-16(14)25-9-12-8-23-15(6-13(12)21)17(18,19)20/h5-10,22H,2-4H2,1H3,(H2,21,23). The van der Waals surface area contributed by atoms with E-state index >= 15 is 0 Å². The van der Waals surface area contributed by atoms with Crippen molar-refractivity contribution in [2.24, 2.45) is 4.99 Å². The van der Waals surface area contributed by atoms with E-state index in [1.165, 1.54) is 6.21 Å². The van der Waals surface area contributed by atoms with Gasteiger partial charge >= 0.3 is 6.18 Å². The zero-order valence-corrected chi connectivity index (χ0v) is 15.3. The highest BCUT2D eigenvalue weighted by Crippen LogP contribution is 2.41. The van der Waals surface area contributed by atoms with E-state index < -0.39 is 21.6 Å². The minimum atomic E-state index is -4.59. The van der Waals surface area contributed by atoms with Gasteiger partial charge in [-0.15, -0.1) is 0 Å². The second-order valence-corrected chi connectivity index (χ2v) is 8.65. The molecule has 0 amide bonds. The number of nitrogens with one attached hydrogen (secondary N) is 1. The fourth-order valence-electron chi connectivity index (χ4n) is 2.46. The average molecular weight is 397 g/mol. The third-order valence-corrected chi connectivity index (χ3v) is 6.07. The van der Waals surface area contributed by atoms with Crippen LogP contribution in [0.4, 0.5) is 24.7 Å². The number of hydrogen-bond acceptors (Lipinski definition) is 6. The molecule has 0 saturated heterocycles. The monoisotopic (exact) mass is 397 g/mol. The second kappa shape index (κ2) is 6.91. The maximum absolute atomic E-state index is 12.7. The van der Waals surface area contributed by atoms with Crippen LogP contribution in [0.15, 0.2) is 34.4 Å². The van der Waals surface area contributed by atoms with Crippen molar-refractivity contribution in [3.05, 3.63) is 41.3 Å². The van der Waals surface area contributed by atoms with Gasteiger partial charge in [0.25, 0.3) is 0 Å². The lowest BCUT2D eigenvalue weighted by Crippen LogP contribution is -2.09. The van der Waals surface area contributed by atoms with Gasteiger partial charge in [-0.25, -0.2) is 19.0 Å². The summed E-state index contributed by atoms with van der Waals surface area (Å²) >= 11 is 0. The lowest BCUT2D eigenvalue weighted by Gasteiger charge is -2.10. The van der Waals surface area contributed by atoms with Crippen molar-refractivity contribution < 1.29 is 17.4 Å². The van der Waals surface area contributed by atoms with Crippen molar-refractivity contribution >= 4 is 27.4 Å². The third kappa shape index (κ3) is 4.26. The first kappa shape index (κ1) is 19.3. The van der Waals surface area contributed by atoms with Crippen LogP contribution in [-0.4, -0.2) is 26.1 Å². The highest BCUT2D eigenvalue weighted by Gasteiger charge is 2.32. The van der Waals surface area contributed by atoms with E-state index in [0.29, 0.717) is 5.92 Å². The number of rotatable bonds is 5. The molecule has 27 heavy (non-hydrogen) atoms. The molecule has 10 heteroatoms. The molecule has 2 aromatic heterocycles. The Kier molecular flexibility index (Phi) is 4.94. The molecule has 0 spiro atoms. The summed E-state index contributed by atoms with van der Waals surface area (Å²) in [7, 11) is -3.07. The number of aromatic nitrogens is 2. The fourth-order valence-corrected chi connectivity index (χ4v) is 3.50. The van der Waals surface area contributed by atoms with E-state index in [4.69, 9.17) is 10.5 Å². The number of aliphatic imine (C=N–C) groups is 1. The van der Waals surface area contributed by atoms with Crippen LogP contribution in [0, 0.1) is 4.78 Å². The summed E-state index contributed by atoms with van der Waals surface area (Å²) < 4.78 is 58.7. The average Bonchev–Trinajstić information content (AvgIpc) is 3.45. The van der Waals surface area contributed by atoms with Crippen LogP contribution in [-0.2, 0) is 15.9 Å². The summed E-state index contributed by atoms with van der Waals surface area (Å²) in [6.07, 6.45) is 1.29. The molecule has 3 N–H and O–H groups in total. The number of nitrogens with zero attached hydrogens (tertiary/aromatic N) is 3. The van der Waals surface area contributed by atoms with E-state index in [1.54, 1.807) is 19.2 Å². The summed E-state index contributed by atoms with van der Waals surface area (Å²) in [4.78, 5) is 11.9. The van der Waals surface area contributed by atoms with Gasteiger partial charge < -0.3 is 5.73 Å². The van der Waals surface area contributed by atoms with E-state index in [1.807, 2.05) is 0 Å². The van der Waals surface area contributed by atoms with E-state index in [0.717, 1.165) is 30.7 Å². The molecule has 2 aromatic rings. The Bertz CT molecular complexity index is 998. The highest BCUT2D eigenvalue weighted by molar-refractivity contribution is 7.92. The van der Waals surface area contributed by atoms with Gasteiger partial charge in [0.2, 0.25) is 0 Å². The van der Waals surface area contributed by atoms with E-state index in [2.05, 4.69) is 15.0 Å². The quantitative estimate of drug-likeness (QED) is 0.740. The fraction of sp³-hybridized carbons (Fsp3) is 0.353. The van der Waals surface area contributed by atoms with Crippen LogP contribution >= 0.6 is 0 Å². The van der Waals surface area contributed by atoms with Crippen LogP contribution in [0.25, 0.3) is 0 Å². The Hall–Kier alpha value is -2.49. The molecule has 1 saturated carbocycles. The molecule has 0 aliphatic heterocycles. The zero-order chi connectivity index (χ0) is 19.8. The predicted octanol–water partition coefficient (Wildman–Crippen LogP) is 4.13. The Labute approximate surface area is 154 Å². The van der Waals surface area contributed by atoms with Gasteiger partial charge in [-0.05, 0) is 36.5 Å². The maximum atomic E-state index is 12.7. The molecule has 1 aliphatic rings. The number of pyridine rings is 2. The Morgan fingerprint density at radius 3 is 2.59 bits per heavy atom. The lowest BCUT2D eigenvalue weighted by atomic mass is 10.2. The third-order valence-electron chi connectivity index (χ3n) is 4.25. The molecular formula is C17H18F3N5OS. The summed E-state index contributed by atoms with van der Waals surface area (Å²) in [5.41, 5.74) is 5.53. The van der Waals surface area contributed by atoms with Crippen LogP contribution in [0.1, 0.15) is 42.5 Å². The van der Waals surface area contributed by atoms with Crippen molar-refractivity contribution in [3.8, 4) is 0 Å². The molecular weight excluding hydrogens is 379 g/mol. The minimum absolute atomic E-state index is 0.0977. The van der Waals surface area contributed by atoms with Gasteiger partial charge in [0.15, 0.2) is 5.82 Å². The van der Waals surface area contributed by atoms with Crippen LogP contribution in [0.5, 0.6) is 0 Å². The van der Waals surface area contributed by atoms with Crippen molar-refractivity contribution in [2.75, 3.05) is 11.5 Å². The first-order valence-corrected chi connectivity index (χ1v) is 9.97. The van der Waals surface area contributed by atoms with Gasteiger partial charge in [0.05, 0.1) is 14.6 Å². The molecule has 0 radical (unpaired) electrons. The zero-order valence-electron chi connectivity index (χ0n) is 14.5. The number of halogens is 3. The molecule has 6 nitrogen and oxygen atoms in total. The maximum Gasteiger partial charge on any atom is 0.433 e. The molecule has 2 heterocycles. The molecule has 1 aliphatic carbocycles. The van der Waals surface area contributed by atoms with Gasteiger partial charge in [0, 0.05) is 35.6 Å². The second-order valence-electron chi connectivity index (χ2n) is 6.28. The van der Waals surface area contributed by atoms with Gasteiger partial charge in [0.1, 0.15) is 5.69 Å². The molecule has 0 aromatic carbocycles. The van der Waals surface area contributed by atoms with Crippen molar-refractivity contribution in [1.82, 2.24) is 9.97 Å². The molecule has 1 atom stereocenters. The number of nitrogens with two attached hydrogens (primary N) is 1. The normalized spacial score (nSPS) is 17.2. The van der Waals surface area contributed by atoms with E-state index in [-0.39, 0.29) is 27.7 Å². The SMILES string of the molecule is CCS(=N)(=O)c1cc(C2CC2)cnc1N=Cc1cnc(C(F)(F)F)cc1N. The number of anilines is 1. The van der Waals surface area contributed by atoms with Crippen LogP contribution < -0.4 is 5.73 Å². The van der Waals surface area contributed by atoms with Crippen LogP contribution in [0.3, 0.4) is 0 Å². The highest BCUT2D eigenvalue weighted by atomic mass is 32.2. The van der Waals surface area contributed by atoms with Gasteiger partial charge in [-0.1, -0.05) is 6.92 Å². The summed E-state index contributed by atoms with van der Waals surface area (Å²) in [5.74, 6) is 0.576. The molecule has 144 valence electrons. The molecule has 1 fully saturated rings. The Morgan fingerprint density at radius 1 is 1.33 bits per heavy atom. The van der Waals surface area contributed by atoms with Crippen molar-refractivity contribution in [1.29, 1.82) is 4.78 Å². The summed E-state index contributed by atoms with van der Waals surface area (Å²) in [6.45, 7) is 1.64. The number of nitrogen functional groups attached to an aromatic ring is 1. The topological polar surface area (TPSA) is 105 Å². The summed E-state index contributed by atoms with van der Waals surface area (Å²) in [6, 6.07) is 2.43. The molecule has 1 unspecified atom stereocenters. The number of hydrogen-bond donors (Lipinski definition) is 2. The summed E-state index contributed by atoms with van der Waals surface area (Å²) in [5, 5.41) is 0. The number of alkyl halides is 3. The molecule has 0 bridgehead atoms. The first-order valence-electron chi connectivity index (χ1n) is 8.25. The van der Waals surface area contributed by atoms with Gasteiger partial charge in [-0.2, -0.15) is 13.2 Å². The molecule has 3 rings (SSSR count). The van der Waals surface area contributed by atoms with Crippen LogP contribution in [0.2, 0.25) is 0 Å². The first-order chi connectivity index (χ1) is 12.6. The van der Waals surface area contributed by atoms with E-state index in [9.17, 15) is 17.4 Å². The Morgan fingerprint density at radius 2 is 2.04 bits per heavy atom. The largest absolute Gasteiger partial charge is 0.433 e. The van der Waals surface area contributed by atoms with Crippen molar-refractivity contribution in [3.63, 3.8) is 0 Å². The predicted molar refractivity (Wildman–Crippen MR) is 96.8 cm³/mol. The van der Waals surface area contributed by atoms with Gasteiger partial charge in [-0.3, -0.25) is 4.98 Å². The minimum Gasteiger partial charge on any atom is -0.398 e. The smallest absolute Gasteiger partial charge is 0.398 e. The lowest BCUT2D eigenvalue weighted by molar-refractivity contribution is -0.141.